The van der Waals surface area contributed by atoms with E-state index in [9.17, 15) is 4.79 Å². The van der Waals surface area contributed by atoms with Crippen LogP contribution in [0.3, 0.4) is 0 Å². The van der Waals surface area contributed by atoms with E-state index in [0.29, 0.717) is 11.7 Å². The largest absolute Gasteiger partial charge is 0.497 e. The number of nitrogens with one attached hydrogen (secondary N) is 3. The van der Waals surface area contributed by atoms with Gasteiger partial charge in [-0.05, 0) is 49.0 Å². The van der Waals surface area contributed by atoms with Crippen LogP contribution in [0.1, 0.15) is 12.5 Å². The molecular weight excluding hydrogens is 354 g/mol. The third-order valence-electron chi connectivity index (χ3n) is 3.34. The second-order valence-electron chi connectivity index (χ2n) is 5.22. The van der Waals surface area contributed by atoms with Gasteiger partial charge < -0.3 is 10.1 Å². The fourth-order valence-electron chi connectivity index (χ4n) is 1.95. The van der Waals surface area contributed by atoms with Crippen molar-refractivity contribution in [2.75, 3.05) is 7.11 Å². The molecule has 132 valence electrons. The van der Waals surface area contributed by atoms with Gasteiger partial charge in [-0.15, -0.1) is 11.8 Å². The second kappa shape index (κ2) is 9.90. The molecule has 7 heteroatoms. The van der Waals surface area contributed by atoms with Crippen molar-refractivity contribution in [2.24, 2.45) is 0 Å². The zero-order valence-corrected chi connectivity index (χ0v) is 15.7. The van der Waals surface area contributed by atoms with Gasteiger partial charge in [-0.25, -0.2) is 0 Å². The van der Waals surface area contributed by atoms with E-state index in [1.165, 1.54) is 11.8 Å². The van der Waals surface area contributed by atoms with E-state index < -0.39 is 0 Å². The first kappa shape index (κ1) is 19.1. The highest BCUT2D eigenvalue weighted by Gasteiger charge is 2.14. The minimum absolute atomic E-state index is 0.137. The van der Waals surface area contributed by atoms with E-state index >= 15 is 0 Å². The number of thioether (sulfide) groups is 1. The number of carbonyl (C=O) groups excluding carboxylic acids is 1. The average molecular weight is 376 g/mol. The maximum absolute atomic E-state index is 12.1. The van der Waals surface area contributed by atoms with E-state index in [0.717, 1.165) is 16.2 Å². The lowest BCUT2D eigenvalue weighted by atomic mass is 10.2. The predicted octanol–water partition coefficient (Wildman–Crippen LogP) is 2.87. The molecule has 2 aromatic carbocycles. The molecule has 1 amide bonds. The van der Waals surface area contributed by atoms with Gasteiger partial charge in [0.15, 0.2) is 5.11 Å². The molecule has 5 nitrogen and oxygen atoms in total. The van der Waals surface area contributed by atoms with Gasteiger partial charge in [0.25, 0.3) is 5.91 Å². The third kappa shape index (κ3) is 6.64. The first-order chi connectivity index (χ1) is 12.1. The maximum Gasteiger partial charge on any atom is 0.251 e. The van der Waals surface area contributed by atoms with E-state index in [4.69, 9.17) is 17.0 Å². The summed E-state index contributed by atoms with van der Waals surface area (Å²) in [6.07, 6.45) is 0. The van der Waals surface area contributed by atoms with E-state index in [-0.39, 0.29) is 11.2 Å². The van der Waals surface area contributed by atoms with Gasteiger partial charge in [0.05, 0.1) is 12.4 Å². The number of ether oxygens (including phenoxy) is 1. The Bertz CT molecular complexity index is 693. The van der Waals surface area contributed by atoms with Crippen molar-refractivity contribution in [3.05, 3.63) is 60.2 Å². The molecule has 0 aliphatic carbocycles. The molecule has 25 heavy (non-hydrogen) atoms. The molecule has 0 saturated heterocycles. The number of hydrogen-bond donors (Lipinski definition) is 3. The van der Waals surface area contributed by atoms with Gasteiger partial charge in [0.1, 0.15) is 5.75 Å². The van der Waals surface area contributed by atoms with E-state index in [1.54, 1.807) is 7.11 Å². The molecule has 0 bridgehead atoms. The fourth-order valence-corrected chi connectivity index (χ4v) is 2.96. The molecule has 0 spiro atoms. The SMILES string of the molecule is COc1ccc(CNC(=S)NNC(=O)[C@H](C)Sc2ccccc2)cc1. The van der Waals surface area contributed by atoms with Gasteiger partial charge in [-0.2, -0.15) is 0 Å². The molecule has 3 N–H and O–H groups in total. The van der Waals surface area contributed by atoms with Crippen LogP contribution in [0.2, 0.25) is 0 Å². The van der Waals surface area contributed by atoms with Crippen LogP contribution in [-0.2, 0) is 11.3 Å². The van der Waals surface area contributed by atoms with Crippen LogP contribution < -0.4 is 20.9 Å². The van der Waals surface area contributed by atoms with Crippen molar-refractivity contribution in [3.8, 4) is 5.75 Å². The Hall–Kier alpha value is -2.25. The smallest absolute Gasteiger partial charge is 0.251 e. The van der Waals surface area contributed by atoms with Crippen molar-refractivity contribution in [1.82, 2.24) is 16.2 Å². The molecular formula is C18H21N3O2S2. The van der Waals surface area contributed by atoms with Gasteiger partial charge in [0, 0.05) is 11.4 Å². The number of amides is 1. The van der Waals surface area contributed by atoms with Crippen molar-refractivity contribution < 1.29 is 9.53 Å². The quantitative estimate of drug-likeness (QED) is 0.410. The van der Waals surface area contributed by atoms with Crippen LogP contribution in [0.25, 0.3) is 0 Å². The zero-order valence-electron chi connectivity index (χ0n) is 14.1. The molecule has 0 radical (unpaired) electrons. The van der Waals surface area contributed by atoms with Crippen LogP contribution in [0.4, 0.5) is 0 Å². The highest BCUT2D eigenvalue weighted by Crippen LogP contribution is 2.22. The molecule has 1 atom stereocenters. The lowest BCUT2D eigenvalue weighted by Crippen LogP contribution is -2.48. The summed E-state index contributed by atoms with van der Waals surface area (Å²) in [6.45, 7) is 2.41. The Morgan fingerprint density at radius 1 is 1.12 bits per heavy atom. The second-order valence-corrected chi connectivity index (χ2v) is 7.04. The summed E-state index contributed by atoms with van der Waals surface area (Å²) in [7, 11) is 1.63. The third-order valence-corrected chi connectivity index (χ3v) is 4.70. The monoisotopic (exact) mass is 375 g/mol. The standard InChI is InChI=1S/C18H21N3O2S2/c1-13(25-16-6-4-3-5-7-16)17(22)20-21-18(24)19-12-14-8-10-15(23-2)11-9-14/h3-11,13H,12H2,1-2H3,(H,20,22)(H2,19,21,24)/t13-/m0/s1. The molecule has 0 fully saturated rings. The van der Waals surface area contributed by atoms with Gasteiger partial charge in [0.2, 0.25) is 0 Å². The number of hydrazine groups is 1. The highest BCUT2D eigenvalue weighted by atomic mass is 32.2. The number of carbonyl (C=O) groups is 1. The normalized spacial score (nSPS) is 11.3. The molecule has 0 saturated carbocycles. The van der Waals surface area contributed by atoms with Crippen molar-refractivity contribution in [2.45, 2.75) is 23.6 Å². The summed E-state index contributed by atoms with van der Waals surface area (Å²) in [6, 6.07) is 17.5. The summed E-state index contributed by atoms with van der Waals surface area (Å²) in [4.78, 5) is 13.1. The van der Waals surface area contributed by atoms with Crippen LogP contribution >= 0.6 is 24.0 Å². The zero-order chi connectivity index (χ0) is 18.1. The van der Waals surface area contributed by atoms with E-state index in [2.05, 4.69) is 16.2 Å². The van der Waals surface area contributed by atoms with Crippen LogP contribution in [0.15, 0.2) is 59.5 Å². The fraction of sp³-hybridized carbons (Fsp3) is 0.222. The first-order valence-corrected chi connectivity index (χ1v) is 9.05. The molecule has 0 aromatic heterocycles. The van der Waals surface area contributed by atoms with E-state index in [1.807, 2.05) is 61.5 Å². The summed E-state index contributed by atoms with van der Waals surface area (Å²) >= 11 is 6.66. The number of methoxy groups -OCH3 is 1. The minimum Gasteiger partial charge on any atom is -0.497 e. The highest BCUT2D eigenvalue weighted by molar-refractivity contribution is 8.00. The Morgan fingerprint density at radius 2 is 1.80 bits per heavy atom. The molecule has 2 aromatic rings. The van der Waals surface area contributed by atoms with Gasteiger partial charge in [-0.3, -0.25) is 15.6 Å². The number of rotatable bonds is 6. The number of benzene rings is 2. The summed E-state index contributed by atoms with van der Waals surface area (Å²) in [5, 5.41) is 3.16. The summed E-state index contributed by atoms with van der Waals surface area (Å²) in [5.74, 6) is 0.670. The van der Waals surface area contributed by atoms with Crippen LogP contribution in [0, 0.1) is 0 Å². The molecule has 0 unspecified atom stereocenters. The molecule has 2 rings (SSSR count). The maximum atomic E-state index is 12.1. The Balaban J connectivity index is 1.70. The molecule has 0 aliphatic heterocycles. The Morgan fingerprint density at radius 3 is 2.44 bits per heavy atom. The first-order valence-electron chi connectivity index (χ1n) is 7.77. The van der Waals surface area contributed by atoms with Crippen molar-refractivity contribution in [1.29, 1.82) is 0 Å². The number of thiocarbonyl (C=S) groups is 1. The van der Waals surface area contributed by atoms with Crippen LogP contribution in [-0.4, -0.2) is 23.4 Å². The van der Waals surface area contributed by atoms with Crippen LogP contribution in [0.5, 0.6) is 5.75 Å². The van der Waals surface area contributed by atoms with Gasteiger partial charge in [-0.1, -0.05) is 30.3 Å². The molecule has 0 aliphatic rings. The molecule has 0 heterocycles. The van der Waals surface area contributed by atoms with Crippen molar-refractivity contribution >= 4 is 35.0 Å². The average Bonchev–Trinajstić information content (AvgIpc) is 2.65. The van der Waals surface area contributed by atoms with Gasteiger partial charge >= 0.3 is 0 Å². The predicted molar refractivity (Wildman–Crippen MR) is 105 cm³/mol. The topological polar surface area (TPSA) is 62.4 Å². The lowest BCUT2D eigenvalue weighted by Gasteiger charge is -2.15. The number of hydrogen-bond acceptors (Lipinski definition) is 4. The minimum atomic E-state index is -0.237. The lowest BCUT2D eigenvalue weighted by molar-refractivity contribution is -0.120. The Kier molecular flexibility index (Phi) is 7.56. The van der Waals surface area contributed by atoms with Crippen molar-refractivity contribution in [3.63, 3.8) is 0 Å². The summed E-state index contributed by atoms with van der Waals surface area (Å²) < 4.78 is 5.12. The Labute approximate surface area is 157 Å². The summed E-state index contributed by atoms with van der Waals surface area (Å²) in [5.41, 5.74) is 6.41.